The molecule has 0 radical (unpaired) electrons. The quantitative estimate of drug-likeness (QED) is 0.423. The van der Waals surface area contributed by atoms with E-state index >= 15 is 0 Å². The van der Waals surface area contributed by atoms with Crippen LogP contribution in [0.25, 0.3) is 0 Å². The third kappa shape index (κ3) is 6.49. The Hall–Kier alpha value is -1.59. The molecule has 134 valence electrons. The summed E-state index contributed by atoms with van der Waals surface area (Å²) in [6.45, 7) is -2.82. The number of ether oxygens (including phenoxy) is 1. The fourth-order valence-corrected chi connectivity index (χ4v) is 3.10. The van der Waals surface area contributed by atoms with E-state index in [4.69, 9.17) is 0 Å². The van der Waals surface area contributed by atoms with Gasteiger partial charge in [0.1, 0.15) is 5.75 Å². The third-order valence-electron chi connectivity index (χ3n) is 4.35. The first-order valence-electron chi connectivity index (χ1n) is 8.11. The Morgan fingerprint density at radius 1 is 1.04 bits per heavy atom. The van der Waals surface area contributed by atoms with Gasteiger partial charge in [0.15, 0.2) is 0 Å². The van der Waals surface area contributed by atoms with Crippen LogP contribution < -0.4 is 4.74 Å². The summed E-state index contributed by atoms with van der Waals surface area (Å²) in [4.78, 5) is 0. The third-order valence-corrected chi connectivity index (χ3v) is 4.35. The average molecular weight is 348 g/mol. The molecule has 0 spiro atoms. The second-order valence-corrected chi connectivity index (χ2v) is 6.14. The molecule has 1 aliphatic rings. The molecule has 1 aromatic rings. The number of hydrogen-bond donors (Lipinski definition) is 0. The molecular weight excluding hydrogens is 327 g/mol. The van der Waals surface area contributed by atoms with E-state index in [2.05, 4.69) is 4.74 Å². The predicted molar refractivity (Wildman–Crippen MR) is 82.2 cm³/mol. The molecule has 1 nitrogen and oxygen atoms in total. The number of alkyl halides is 5. The SMILES string of the molecule is FC(F)Oc1ccc([C@H]2CC[C@H](/C=C/CCC(F)(F)F)CC2)cc1. The summed E-state index contributed by atoms with van der Waals surface area (Å²) in [7, 11) is 0. The van der Waals surface area contributed by atoms with Gasteiger partial charge in [-0.2, -0.15) is 22.0 Å². The van der Waals surface area contributed by atoms with Crippen molar-refractivity contribution >= 4 is 0 Å². The monoisotopic (exact) mass is 348 g/mol. The number of rotatable bonds is 6. The Balaban J connectivity index is 1.77. The molecule has 2 rings (SSSR count). The molecule has 0 aliphatic heterocycles. The lowest BCUT2D eigenvalue weighted by atomic mass is 9.78. The summed E-state index contributed by atoms with van der Waals surface area (Å²) in [6, 6.07) is 6.71. The number of benzene rings is 1. The Bertz CT molecular complexity index is 513. The first-order valence-corrected chi connectivity index (χ1v) is 8.11. The number of allylic oxidation sites excluding steroid dienone is 2. The topological polar surface area (TPSA) is 9.23 Å². The summed E-state index contributed by atoms with van der Waals surface area (Å²) < 4.78 is 64.8. The van der Waals surface area contributed by atoms with Gasteiger partial charge in [0.05, 0.1) is 0 Å². The molecule has 6 heteroatoms. The van der Waals surface area contributed by atoms with Crippen LogP contribution in [0.15, 0.2) is 36.4 Å². The zero-order valence-electron chi connectivity index (χ0n) is 13.2. The zero-order chi connectivity index (χ0) is 17.6. The van der Waals surface area contributed by atoms with E-state index in [9.17, 15) is 22.0 Å². The second kappa shape index (κ2) is 8.49. The van der Waals surface area contributed by atoms with Crippen molar-refractivity contribution < 1.29 is 26.7 Å². The van der Waals surface area contributed by atoms with Crippen LogP contribution in [0, 0.1) is 5.92 Å². The van der Waals surface area contributed by atoms with E-state index in [1.807, 2.05) is 18.2 Å². The van der Waals surface area contributed by atoms with Gasteiger partial charge in [0.2, 0.25) is 0 Å². The summed E-state index contributed by atoms with van der Waals surface area (Å²) >= 11 is 0. The highest BCUT2D eigenvalue weighted by Crippen LogP contribution is 2.37. The number of halogens is 5. The van der Waals surface area contributed by atoms with E-state index in [0.29, 0.717) is 11.8 Å². The lowest BCUT2D eigenvalue weighted by Gasteiger charge is -2.27. The van der Waals surface area contributed by atoms with E-state index in [-0.39, 0.29) is 12.2 Å². The van der Waals surface area contributed by atoms with Crippen molar-refractivity contribution in [3.8, 4) is 5.75 Å². The molecule has 0 amide bonds. The molecular formula is C18H21F5O. The lowest BCUT2D eigenvalue weighted by molar-refractivity contribution is -0.133. The molecule has 1 saturated carbocycles. The summed E-state index contributed by atoms with van der Waals surface area (Å²) in [6.07, 6.45) is 2.47. The van der Waals surface area contributed by atoms with Gasteiger partial charge < -0.3 is 4.74 Å². The number of hydrogen-bond acceptors (Lipinski definition) is 1. The lowest BCUT2D eigenvalue weighted by Crippen LogP contribution is -2.12. The van der Waals surface area contributed by atoms with Crippen molar-refractivity contribution in [2.75, 3.05) is 0 Å². The van der Waals surface area contributed by atoms with Crippen LogP contribution >= 0.6 is 0 Å². The van der Waals surface area contributed by atoms with Crippen molar-refractivity contribution in [1.29, 1.82) is 0 Å². The largest absolute Gasteiger partial charge is 0.435 e. The average Bonchev–Trinajstić information content (AvgIpc) is 2.52. The van der Waals surface area contributed by atoms with Crippen molar-refractivity contribution in [3.63, 3.8) is 0 Å². The molecule has 0 unspecified atom stereocenters. The summed E-state index contributed by atoms with van der Waals surface area (Å²) in [5.41, 5.74) is 1.09. The highest BCUT2D eigenvalue weighted by Gasteiger charge is 2.25. The van der Waals surface area contributed by atoms with Gasteiger partial charge in [-0.3, -0.25) is 0 Å². The maximum Gasteiger partial charge on any atom is 0.389 e. The minimum atomic E-state index is -4.10. The minimum absolute atomic E-state index is 0.0367. The molecule has 1 aliphatic carbocycles. The maximum absolute atomic E-state index is 12.1. The predicted octanol–water partition coefficient (Wildman–Crippen LogP) is 6.46. The fraction of sp³-hybridized carbons (Fsp3) is 0.556. The Morgan fingerprint density at radius 3 is 2.21 bits per heavy atom. The van der Waals surface area contributed by atoms with Gasteiger partial charge in [-0.15, -0.1) is 0 Å². The van der Waals surface area contributed by atoms with Crippen molar-refractivity contribution in [1.82, 2.24) is 0 Å². The fourth-order valence-electron chi connectivity index (χ4n) is 3.10. The highest BCUT2D eigenvalue weighted by molar-refractivity contribution is 5.29. The van der Waals surface area contributed by atoms with E-state index < -0.39 is 19.2 Å². The molecule has 0 aromatic heterocycles. The van der Waals surface area contributed by atoms with Gasteiger partial charge in [0, 0.05) is 6.42 Å². The highest BCUT2D eigenvalue weighted by atomic mass is 19.4. The first-order chi connectivity index (χ1) is 11.3. The van der Waals surface area contributed by atoms with E-state index in [1.54, 1.807) is 18.2 Å². The summed E-state index contributed by atoms with van der Waals surface area (Å²) in [5, 5.41) is 0. The molecule has 0 N–H and O–H groups in total. The van der Waals surface area contributed by atoms with Gasteiger partial charge in [0.25, 0.3) is 0 Å². The molecule has 0 bridgehead atoms. The smallest absolute Gasteiger partial charge is 0.389 e. The Kier molecular flexibility index (Phi) is 6.63. The van der Waals surface area contributed by atoms with Gasteiger partial charge in [-0.25, -0.2) is 0 Å². The van der Waals surface area contributed by atoms with Crippen LogP contribution in [0.3, 0.4) is 0 Å². The molecule has 1 aromatic carbocycles. The maximum atomic E-state index is 12.1. The van der Waals surface area contributed by atoms with Crippen molar-refractivity contribution in [2.24, 2.45) is 5.92 Å². The van der Waals surface area contributed by atoms with E-state index in [0.717, 1.165) is 31.2 Å². The van der Waals surface area contributed by atoms with Crippen LogP contribution in [-0.2, 0) is 0 Å². The standard InChI is InChI=1S/C18H21F5O/c19-17(20)24-16-10-8-15(9-11-16)14-6-4-13(5-7-14)3-1-2-12-18(21,22)23/h1,3,8-11,13-14,17H,2,4-7,12H2/b3-1+/t13-,14-. The van der Waals surface area contributed by atoms with Crippen LogP contribution in [0.4, 0.5) is 22.0 Å². The molecule has 0 heterocycles. The van der Waals surface area contributed by atoms with Gasteiger partial charge in [-0.05, 0) is 61.6 Å². The van der Waals surface area contributed by atoms with Gasteiger partial charge in [-0.1, -0.05) is 24.3 Å². The molecule has 1 fully saturated rings. The Labute approximate surface area is 138 Å². The first kappa shape index (κ1) is 18.7. The van der Waals surface area contributed by atoms with Crippen LogP contribution in [0.5, 0.6) is 5.75 Å². The van der Waals surface area contributed by atoms with Gasteiger partial charge >= 0.3 is 12.8 Å². The normalized spacial score (nSPS) is 22.2. The van der Waals surface area contributed by atoms with Crippen LogP contribution in [0.2, 0.25) is 0 Å². The van der Waals surface area contributed by atoms with E-state index in [1.165, 1.54) is 0 Å². The van der Waals surface area contributed by atoms with Crippen LogP contribution in [-0.4, -0.2) is 12.8 Å². The molecule has 0 saturated heterocycles. The second-order valence-electron chi connectivity index (χ2n) is 6.14. The summed E-state index contributed by atoms with van der Waals surface area (Å²) in [5.74, 6) is 0.844. The van der Waals surface area contributed by atoms with Crippen molar-refractivity contribution in [2.45, 2.75) is 57.2 Å². The van der Waals surface area contributed by atoms with Crippen LogP contribution in [0.1, 0.15) is 50.0 Å². The molecule has 0 atom stereocenters. The molecule has 24 heavy (non-hydrogen) atoms. The van der Waals surface area contributed by atoms with Crippen molar-refractivity contribution in [3.05, 3.63) is 42.0 Å². The minimum Gasteiger partial charge on any atom is -0.435 e. The Morgan fingerprint density at radius 2 is 1.67 bits per heavy atom. The zero-order valence-corrected chi connectivity index (χ0v) is 13.2.